The highest BCUT2D eigenvalue weighted by Gasteiger charge is 2.35. The number of rotatable bonds is 4. The van der Waals surface area contributed by atoms with E-state index in [1.165, 1.54) is 23.2 Å². The predicted molar refractivity (Wildman–Crippen MR) is 97.6 cm³/mol. The third-order valence-electron chi connectivity index (χ3n) is 4.96. The molecule has 1 atom stereocenters. The number of aryl methyl sites for hydroxylation is 1. The summed E-state index contributed by atoms with van der Waals surface area (Å²) in [6, 6.07) is 17.0. The summed E-state index contributed by atoms with van der Waals surface area (Å²) in [7, 11) is 0. The molecule has 1 aliphatic heterocycles. The topological polar surface area (TPSA) is 12.5 Å². The molecule has 0 saturated heterocycles. The van der Waals surface area contributed by atoms with Crippen LogP contribution in [0.25, 0.3) is 0 Å². The minimum atomic E-state index is 0.156. The molecule has 0 radical (unpaired) electrons. The van der Waals surface area contributed by atoms with Crippen LogP contribution in [0, 0.1) is 6.92 Å². The first kappa shape index (κ1) is 15.9. The molecule has 1 aliphatic rings. The van der Waals surface area contributed by atoms with Crippen LogP contribution < -0.4 is 9.64 Å². The average Bonchev–Trinajstić information content (AvgIpc) is 2.51. The molecule has 0 N–H and O–H groups in total. The molecule has 2 nitrogen and oxygen atoms in total. The fraction of sp³-hybridized carbons (Fsp3) is 0.429. The minimum absolute atomic E-state index is 0.156. The average molecular weight is 309 g/mol. The van der Waals surface area contributed by atoms with Crippen molar-refractivity contribution in [3.63, 3.8) is 0 Å². The summed E-state index contributed by atoms with van der Waals surface area (Å²) in [5.74, 6) is 1.60. The number of para-hydroxylation sites is 2. The zero-order chi connectivity index (χ0) is 16.4. The van der Waals surface area contributed by atoms with E-state index >= 15 is 0 Å². The molecule has 1 heterocycles. The molecular formula is C21H27NO. The lowest BCUT2D eigenvalue weighted by Crippen LogP contribution is -2.50. The number of benzene rings is 2. The van der Waals surface area contributed by atoms with Crippen molar-refractivity contribution < 1.29 is 4.74 Å². The highest BCUT2D eigenvalue weighted by Crippen LogP contribution is 2.42. The lowest BCUT2D eigenvalue weighted by Gasteiger charge is -2.47. The molecule has 0 fully saturated rings. The molecule has 0 aromatic heterocycles. The van der Waals surface area contributed by atoms with Gasteiger partial charge in [-0.15, -0.1) is 0 Å². The van der Waals surface area contributed by atoms with Gasteiger partial charge >= 0.3 is 0 Å². The van der Waals surface area contributed by atoms with Crippen LogP contribution in [0.2, 0.25) is 0 Å². The number of hydrogen-bond acceptors (Lipinski definition) is 2. The summed E-state index contributed by atoms with van der Waals surface area (Å²) in [6.45, 7) is 10.7. The van der Waals surface area contributed by atoms with Crippen molar-refractivity contribution >= 4 is 5.69 Å². The van der Waals surface area contributed by atoms with Crippen molar-refractivity contribution in [1.82, 2.24) is 0 Å². The zero-order valence-corrected chi connectivity index (χ0v) is 14.7. The summed E-state index contributed by atoms with van der Waals surface area (Å²) in [6.07, 6.45) is 1.17. The normalized spacial score (nSPS) is 19.3. The van der Waals surface area contributed by atoms with Crippen LogP contribution in [0.1, 0.15) is 44.2 Å². The van der Waals surface area contributed by atoms with Gasteiger partial charge in [-0.2, -0.15) is 0 Å². The maximum Gasteiger partial charge on any atom is 0.122 e. The van der Waals surface area contributed by atoms with Crippen LogP contribution in [0.15, 0.2) is 48.5 Å². The molecule has 2 aromatic rings. The summed E-state index contributed by atoms with van der Waals surface area (Å²) in [5.41, 5.74) is 4.18. The van der Waals surface area contributed by atoms with E-state index in [-0.39, 0.29) is 5.54 Å². The third-order valence-corrected chi connectivity index (χ3v) is 4.96. The highest BCUT2D eigenvalue weighted by molar-refractivity contribution is 5.59. The minimum Gasteiger partial charge on any atom is -0.491 e. The fourth-order valence-electron chi connectivity index (χ4n) is 3.83. The van der Waals surface area contributed by atoms with Crippen molar-refractivity contribution in [3.05, 3.63) is 59.7 Å². The SMILES string of the molecule is Cc1ccccc1OCCN1c2ccccc2C(C)CC1(C)C. The van der Waals surface area contributed by atoms with Crippen molar-refractivity contribution in [2.75, 3.05) is 18.1 Å². The quantitative estimate of drug-likeness (QED) is 0.773. The molecule has 2 aromatic carbocycles. The Morgan fingerprint density at radius 1 is 1.09 bits per heavy atom. The van der Waals surface area contributed by atoms with Gasteiger partial charge in [0.1, 0.15) is 12.4 Å². The number of hydrogen-bond donors (Lipinski definition) is 0. The van der Waals surface area contributed by atoms with E-state index in [0.717, 1.165) is 12.3 Å². The smallest absolute Gasteiger partial charge is 0.122 e. The summed E-state index contributed by atoms with van der Waals surface area (Å²) in [4.78, 5) is 2.51. The Morgan fingerprint density at radius 2 is 1.78 bits per heavy atom. The van der Waals surface area contributed by atoms with Gasteiger partial charge in [-0.1, -0.05) is 43.3 Å². The van der Waals surface area contributed by atoms with Crippen LogP contribution in [0.4, 0.5) is 5.69 Å². The van der Waals surface area contributed by atoms with Gasteiger partial charge in [0.2, 0.25) is 0 Å². The Morgan fingerprint density at radius 3 is 2.57 bits per heavy atom. The van der Waals surface area contributed by atoms with Gasteiger partial charge in [-0.05, 0) is 56.4 Å². The zero-order valence-electron chi connectivity index (χ0n) is 14.7. The van der Waals surface area contributed by atoms with Gasteiger partial charge in [0.15, 0.2) is 0 Å². The van der Waals surface area contributed by atoms with Crippen molar-refractivity contribution in [2.45, 2.75) is 45.6 Å². The first-order valence-corrected chi connectivity index (χ1v) is 8.54. The van der Waals surface area contributed by atoms with Gasteiger partial charge in [-0.25, -0.2) is 0 Å². The van der Waals surface area contributed by atoms with Crippen LogP contribution in [-0.2, 0) is 0 Å². The molecule has 1 unspecified atom stereocenters. The van der Waals surface area contributed by atoms with Gasteiger partial charge < -0.3 is 9.64 Å². The van der Waals surface area contributed by atoms with Crippen LogP contribution in [0.3, 0.4) is 0 Å². The second kappa shape index (κ2) is 6.27. The van der Waals surface area contributed by atoms with Crippen LogP contribution in [-0.4, -0.2) is 18.7 Å². The van der Waals surface area contributed by atoms with E-state index in [1.807, 2.05) is 18.2 Å². The Hall–Kier alpha value is -1.96. The molecule has 0 aliphatic carbocycles. The second-order valence-corrected chi connectivity index (χ2v) is 7.24. The lowest BCUT2D eigenvalue weighted by atomic mass is 9.80. The number of ether oxygens (including phenoxy) is 1. The Kier molecular flexibility index (Phi) is 4.34. The van der Waals surface area contributed by atoms with Crippen LogP contribution >= 0.6 is 0 Å². The fourth-order valence-corrected chi connectivity index (χ4v) is 3.83. The summed E-state index contributed by atoms with van der Waals surface area (Å²) < 4.78 is 6.03. The highest BCUT2D eigenvalue weighted by atomic mass is 16.5. The summed E-state index contributed by atoms with van der Waals surface area (Å²) >= 11 is 0. The van der Waals surface area contributed by atoms with E-state index in [0.29, 0.717) is 12.5 Å². The Bertz CT molecular complexity index is 677. The lowest BCUT2D eigenvalue weighted by molar-refractivity contribution is 0.293. The molecule has 122 valence electrons. The Labute approximate surface area is 140 Å². The molecule has 0 bridgehead atoms. The molecule has 0 amide bonds. The van der Waals surface area contributed by atoms with Crippen molar-refractivity contribution in [3.8, 4) is 5.75 Å². The molecule has 3 rings (SSSR count). The third kappa shape index (κ3) is 3.21. The predicted octanol–water partition coefficient (Wildman–Crippen LogP) is 5.17. The number of anilines is 1. The van der Waals surface area contributed by atoms with Crippen LogP contribution in [0.5, 0.6) is 5.75 Å². The van der Waals surface area contributed by atoms with Crippen molar-refractivity contribution in [1.29, 1.82) is 0 Å². The number of fused-ring (bicyclic) bond motifs is 1. The Balaban J connectivity index is 1.76. The monoisotopic (exact) mass is 309 g/mol. The standard InChI is InChI=1S/C21H27NO/c1-16-9-5-8-12-20(16)23-14-13-22-19-11-7-6-10-18(19)17(2)15-21(22,3)4/h5-12,17H,13-15H2,1-4H3. The maximum absolute atomic E-state index is 6.03. The van der Waals surface area contributed by atoms with Gasteiger partial charge in [0.25, 0.3) is 0 Å². The van der Waals surface area contributed by atoms with Gasteiger partial charge in [0.05, 0.1) is 6.54 Å². The first-order chi connectivity index (χ1) is 11.0. The molecule has 2 heteroatoms. The van der Waals surface area contributed by atoms with E-state index in [2.05, 4.69) is 62.9 Å². The number of nitrogens with zero attached hydrogens (tertiary/aromatic N) is 1. The molecule has 0 spiro atoms. The van der Waals surface area contributed by atoms with E-state index in [9.17, 15) is 0 Å². The van der Waals surface area contributed by atoms with E-state index in [1.54, 1.807) is 0 Å². The van der Waals surface area contributed by atoms with Crippen molar-refractivity contribution in [2.24, 2.45) is 0 Å². The summed E-state index contributed by atoms with van der Waals surface area (Å²) in [5, 5.41) is 0. The van der Waals surface area contributed by atoms with E-state index < -0.39 is 0 Å². The first-order valence-electron chi connectivity index (χ1n) is 8.54. The second-order valence-electron chi connectivity index (χ2n) is 7.24. The molecule has 23 heavy (non-hydrogen) atoms. The molecular weight excluding hydrogens is 282 g/mol. The maximum atomic E-state index is 6.03. The van der Waals surface area contributed by atoms with Gasteiger partial charge in [-0.3, -0.25) is 0 Å². The van der Waals surface area contributed by atoms with Gasteiger partial charge in [0, 0.05) is 11.2 Å². The molecule has 0 saturated carbocycles. The van der Waals surface area contributed by atoms with E-state index in [4.69, 9.17) is 4.74 Å². The largest absolute Gasteiger partial charge is 0.491 e.